The number of anilines is 1. The molecule has 0 bridgehead atoms. The highest BCUT2D eigenvalue weighted by atomic mass is 79.9. The van der Waals surface area contributed by atoms with Crippen molar-refractivity contribution in [2.45, 2.75) is 0 Å². The number of aromatic nitrogens is 1. The predicted octanol–water partition coefficient (Wildman–Crippen LogP) is 3.77. The molecule has 108 valence electrons. The van der Waals surface area contributed by atoms with Gasteiger partial charge in [-0.15, -0.1) is 0 Å². The summed E-state index contributed by atoms with van der Waals surface area (Å²) in [6, 6.07) is 11.3. The molecule has 2 aromatic rings. The van der Waals surface area contributed by atoms with Crippen molar-refractivity contribution >= 4 is 27.7 Å². The highest BCUT2D eigenvalue weighted by molar-refractivity contribution is 9.10. The van der Waals surface area contributed by atoms with Crippen molar-refractivity contribution in [1.29, 1.82) is 0 Å². The first-order chi connectivity index (χ1) is 10.2. The first-order valence-corrected chi connectivity index (χ1v) is 7.02. The van der Waals surface area contributed by atoms with Gasteiger partial charge in [0, 0.05) is 23.8 Å². The molecule has 0 unspecified atom stereocenters. The van der Waals surface area contributed by atoms with Crippen molar-refractivity contribution in [3.8, 4) is 11.5 Å². The summed E-state index contributed by atoms with van der Waals surface area (Å²) in [6.07, 6.45) is 3.22. The van der Waals surface area contributed by atoms with Gasteiger partial charge in [0.15, 0.2) is 11.6 Å². The van der Waals surface area contributed by atoms with Crippen LogP contribution in [0.5, 0.6) is 11.5 Å². The molecule has 0 atom stereocenters. The summed E-state index contributed by atoms with van der Waals surface area (Å²) >= 11 is 3.39. The zero-order valence-electron chi connectivity index (χ0n) is 11.5. The van der Waals surface area contributed by atoms with Gasteiger partial charge in [0.1, 0.15) is 5.75 Å². The number of nitrogens with zero attached hydrogens (tertiary/aromatic N) is 2. The van der Waals surface area contributed by atoms with Crippen molar-refractivity contribution < 1.29 is 4.74 Å². The van der Waals surface area contributed by atoms with Crippen LogP contribution in [-0.4, -0.2) is 18.0 Å². The second-order valence-corrected chi connectivity index (χ2v) is 4.88. The van der Waals surface area contributed by atoms with Crippen LogP contribution in [0.1, 0.15) is 0 Å². The number of halogens is 1. The van der Waals surface area contributed by atoms with E-state index in [4.69, 9.17) is 4.74 Å². The smallest absolute Gasteiger partial charge is 0.200 e. The molecular weight excluding hydrogens is 332 g/mol. The van der Waals surface area contributed by atoms with Gasteiger partial charge < -0.3 is 15.4 Å². The lowest BCUT2D eigenvalue weighted by atomic mass is 10.3. The number of pyridine rings is 1. The number of hydrogen-bond donors (Lipinski definition) is 2. The number of para-hydroxylation sites is 1. The number of guanidine groups is 1. The van der Waals surface area contributed by atoms with Crippen LogP contribution in [0, 0.1) is 0 Å². The molecule has 6 heteroatoms. The van der Waals surface area contributed by atoms with Gasteiger partial charge >= 0.3 is 0 Å². The quantitative estimate of drug-likeness (QED) is 0.653. The van der Waals surface area contributed by atoms with Crippen LogP contribution in [0.3, 0.4) is 0 Å². The topological polar surface area (TPSA) is 58.5 Å². The number of benzene rings is 1. The number of ether oxygens (including phenoxy) is 1. The van der Waals surface area contributed by atoms with Crippen molar-refractivity contribution in [3.63, 3.8) is 0 Å². The van der Waals surface area contributed by atoms with Gasteiger partial charge in [-0.1, -0.05) is 24.8 Å². The van der Waals surface area contributed by atoms with E-state index in [1.54, 1.807) is 13.2 Å². The molecular formula is C15H15BrN4O. The Bertz CT molecular complexity index is 643. The van der Waals surface area contributed by atoms with Gasteiger partial charge in [0.05, 0.1) is 0 Å². The van der Waals surface area contributed by atoms with E-state index in [1.807, 2.05) is 36.4 Å². The molecule has 1 heterocycles. The fraction of sp³-hybridized carbons (Fsp3) is 0.0667. The molecule has 0 spiro atoms. The first kappa shape index (κ1) is 15.1. The zero-order valence-corrected chi connectivity index (χ0v) is 13.1. The van der Waals surface area contributed by atoms with Crippen molar-refractivity contribution in [3.05, 3.63) is 59.8 Å². The summed E-state index contributed by atoms with van der Waals surface area (Å²) in [4.78, 5) is 8.37. The van der Waals surface area contributed by atoms with Crippen LogP contribution in [0.4, 0.5) is 5.82 Å². The Morgan fingerprint density at radius 1 is 1.38 bits per heavy atom. The SMILES string of the molecule is C=CNC(=NC)Nc1ncc(Br)cc1Oc1ccccc1. The molecule has 0 amide bonds. The highest BCUT2D eigenvalue weighted by Crippen LogP contribution is 2.30. The number of rotatable bonds is 4. The fourth-order valence-electron chi connectivity index (χ4n) is 1.57. The average molecular weight is 347 g/mol. The Morgan fingerprint density at radius 3 is 2.81 bits per heavy atom. The van der Waals surface area contributed by atoms with Gasteiger partial charge in [-0.05, 0) is 34.3 Å². The third-order valence-electron chi connectivity index (χ3n) is 2.49. The fourth-order valence-corrected chi connectivity index (χ4v) is 1.88. The number of nitrogens with one attached hydrogen (secondary N) is 2. The van der Waals surface area contributed by atoms with Gasteiger partial charge in [-0.2, -0.15) is 0 Å². The Balaban J connectivity index is 2.27. The lowest BCUT2D eigenvalue weighted by molar-refractivity contribution is 0.482. The molecule has 21 heavy (non-hydrogen) atoms. The van der Waals surface area contributed by atoms with E-state index in [2.05, 4.69) is 43.1 Å². The molecule has 2 N–H and O–H groups in total. The van der Waals surface area contributed by atoms with Crippen LogP contribution < -0.4 is 15.4 Å². The molecule has 0 aliphatic rings. The zero-order chi connectivity index (χ0) is 15.1. The molecule has 0 saturated heterocycles. The molecule has 1 aromatic carbocycles. The van der Waals surface area contributed by atoms with Crippen LogP contribution in [0.25, 0.3) is 0 Å². The maximum absolute atomic E-state index is 5.85. The first-order valence-electron chi connectivity index (χ1n) is 6.22. The summed E-state index contributed by atoms with van der Waals surface area (Å²) in [6.45, 7) is 3.60. The van der Waals surface area contributed by atoms with E-state index >= 15 is 0 Å². The predicted molar refractivity (Wildman–Crippen MR) is 88.8 cm³/mol. The van der Waals surface area contributed by atoms with Gasteiger partial charge in [-0.25, -0.2) is 4.98 Å². The van der Waals surface area contributed by atoms with Crippen LogP contribution >= 0.6 is 15.9 Å². The molecule has 0 fully saturated rings. The second-order valence-electron chi connectivity index (χ2n) is 3.96. The monoisotopic (exact) mass is 346 g/mol. The van der Waals surface area contributed by atoms with E-state index in [-0.39, 0.29) is 0 Å². The van der Waals surface area contributed by atoms with Gasteiger partial charge in [0.2, 0.25) is 5.96 Å². The van der Waals surface area contributed by atoms with E-state index < -0.39 is 0 Å². The van der Waals surface area contributed by atoms with E-state index in [0.29, 0.717) is 17.5 Å². The van der Waals surface area contributed by atoms with E-state index in [9.17, 15) is 0 Å². The summed E-state index contributed by atoms with van der Waals surface area (Å²) in [5.74, 6) is 2.39. The summed E-state index contributed by atoms with van der Waals surface area (Å²) < 4.78 is 6.67. The molecule has 0 aliphatic carbocycles. The van der Waals surface area contributed by atoms with Crippen molar-refractivity contribution in [2.75, 3.05) is 12.4 Å². The molecule has 2 rings (SSSR count). The largest absolute Gasteiger partial charge is 0.453 e. The normalized spacial score (nSPS) is 10.9. The summed E-state index contributed by atoms with van der Waals surface area (Å²) in [5.41, 5.74) is 0. The highest BCUT2D eigenvalue weighted by Gasteiger charge is 2.09. The second kappa shape index (κ2) is 7.44. The number of aliphatic imine (C=N–C) groups is 1. The molecule has 1 aromatic heterocycles. The standard InChI is InChI=1S/C15H15BrN4O/c1-3-18-15(17-2)20-14-13(9-11(16)10-19-14)21-12-7-5-4-6-8-12/h3-10H,1H2,2H3,(H2,17,18,19,20). The lowest BCUT2D eigenvalue weighted by Crippen LogP contribution is -2.26. The molecule has 0 aliphatic heterocycles. The Hall–Kier alpha value is -2.34. The minimum Gasteiger partial charge on any atom is -0.453 e. The van der Waals surface area contributed by atoms with Crippen molar-refractivity contribution in [2.24, 2.45) is 4.99 Å². The maximum Gasteiger partial charge on any atom is 0.200 e. The lowest BCUT2D eigenvalue weighted by Gasteiger charge is -2.13. The molecule has 5 nitrogen and oxygen atoms in total. The number of hydrogen-bond acceptors (Lipinski definition) is 3. The Morgan fingerprint density at radius 2 is 2.14 bits per heavy atom. The average Bonchev–Trinajstić information content (AvgIpc) is 2.50. The van der Waals surface area contributed by atoms with Gasteiger partial charge in [0.25, 0.3) is 0 Å². The third kappa shape index (κ3) is 4.32. The van der Waals surface area contributed by atoms with Crippen LogP contribution in [0.2, 0.25) is 0 Å². The van der Waals surface area contributed by atoms with E-state index in [0.717, 1.165) is 10.2 Å². The maximum atomic E-state index is 5.85. The van der Waals surface area contributed by atoms with Crippen molar-refractivity contribution in [1.82, 2.24) is 10.3 Å². The summed E-state index contributed by atoms with van der Waals surface area (Å²) in [5, 5.41) is 5.94. The molecule has 0 saturated carbocycles. The minimum absolute atomic E-state index is 0.526. The Kier molecular flexibility index (Phi) is 5.34. The minimum atomic E-state index is 0.526. The van der Waals surface area contributed by atoms with E-state index in [1.165, 1.54) is 6.20 Å². The third-order valence-corrected chi connectivity index (χ3v) is 2.92. The van der Waals surface area contributed by atoms with Crippen LogP contribution in [-0.2, 0) is 0 Å². The summed E-state index contributed by atoms with van der Waals surface area (Å²) in [7, 11) is 1.66. The van der Waals surface area contributed by atoms with Gasteiger partial charge in [-0.3, -0.25) is 4.99 Å². The Labute approximate surface area is 131 Å². The molecule has 0 radical (unpaired) electrons. The van der Waals surface area contributed by atoms with Crippen LogP contribution in [0.15, 0.2) is 64.8 Å².